The zero-order valence-corrected chi connectivity index (χ0v) is 14.4. The van der Waals surface area contributed by atoms with Gasteiger partial charge in [-0.25, -0.2) is 9.59 Å². The highest BCUT2D eigenvalue weighted by Gasteiger charge is 2.13. The van der Waals surface area contributed by atoms with E-state index in [0.717, 1.165) is 5.56 Å². The molecule has 0 aliphatic rings. The highest BCUT2D eigenvalue weighted by atomic mass is 35.5. The second-order valence-electron chi connectivity index (χ2n) is 4.95. The quantitative estimate of drug-likeness (QED) is 0.780. The molecule has 0 radical (unpaired) electrons. The van der Waals surface area contributed by atoms with Crippen molar-refractivity contribution in [2.24, 2.45) is 0 Å². The molecule has 0 fully saturated rings. The Morgan fingerprint density at radius 2 is 1.60 bits per heavy atom. The van der Waals surface area contributed by atoms with Gasteiger partial charge in [0.1, 0.15) is 0 Å². The van der Waals surface area contributed by atoms with Gasteiger partial charge >= 0.3 is 12.0 Å². The van der Waals surface area contributed by atoms with Crippen LogP contribution in [0.3, 0.4) is 0 Å². The lowest BCUT2D eigenvalue weighted by Gasteiger charge is -2.08. The van der Waals surface area contributed by atoms with E-state index in [1.807, 2.05) is 30.3 Å². The number of hydrogen-bond acceptors (Lipinski definition) is 4. The van der Waals surface area contributed by atoms with Gasteiger partial charge in [0.2, 0.25) is 0 Å². The fourth-order valence-electron chi connectivity index (χ4n) is 1.87. The van der Waals surface area contributed by atoms with Gasteiger partial charge in [0, 0.05) is 16.6 Å². The molecule has 25 heavy (non-hydrogen) atoms. The Morgan fingerprint density at radius 3 is 2.24 bits per heavy atom. The molecular formula is C17H14Cl2N2O4. The van der Waals surface area contributed by atoms with Gasteiger partial charge in [-0.3, -0.25) is 10.1 Å². The number of benzene rings is 2. The second kappa shape index (κ2) is 9.05. The van der Waals surface area contributed by atoms with Crippen molar-refractivity contribution >= 4 is 41.1 Å². The molecule has 0 heterocycles. The van der Waals surface area contributed by atoms with Crippen molar-refractivity contribution in [2.75, 3.05) is 6.61 Å². The van der Waals surface area contributed by atoms with E-state index >= 15 is 0 Å². The average Bonchev–Trinajstić information content (AvgIpc) is 2.58. The fraction of sp³-hybridized carbons (Fsp3) is 0.118. The van der Waals surface area contributed by atoms with E-state index in [0.29, 0.717) is 0 Å². The average molecular weight is 381 g/mol. The minimum Gasteiger partial charge on any atom is -0.452 e. The molecule has 0 unspecified atom stereocenters. The predicted molar refractivity (Wildman–Crippen MR) is 93.6 cm³/mol. The maximum atomic E-state index is 11.8. The number of hydrogen-bond donors (Lipinski definition) is 2. The summed E-state index contributed by atoms with van der Waals surface area (Å²) in [7, 11) is 0. The van der Waals surface area contributed by atoms with Gasteiger partial charge in [0.25, 0.3) is 5.91 Å². The number of ether oxygens (including phenoxy) is 1. The number of rotatable bonds is 5. The standard InChI is InChI=1S/C17H14Cl2N2O4/c18-13-6-12(7-14(19)8-13)16(23)25-10-15(22)21-17(24)20-9-11-4-2-1-3-5-11/h1-8H,9-10H2,(H2,20,21,22,24). The van der Waals surface area contributed by atoms with Crippen molar-refractivity contribution in [2.45, 2.75) is 6.54 Å². The van der Waals surface area contributed by atoms with Crippen LogP contribution in [-0.4, -0.2) is 24.5 Å². The SMILES string of the molecule is O=C(COC(=O)c1cc(Cl)cc(Cl)c1)NC(=O)NCc1ccccc1. The number of carbonyl (C=O) groups excluding carboxylic acids is 3. The van der Waals surface area contributed by atoms with Crippen molar-refractivity contribution in [3.8, 4) is 0 Å². The molecule has 2 aromatic carbocycles. The molecule has 0 spiro atoms. The zero-order valence-electron chi connectivity index (χ0n) is 12.9. The lowest BCUT2D eigenvalue weighted by molar-refractivity contribution is -0.123. The summed E-state index contributed by atoms with van der Waals surface area (Å²) < 4.78 is 4.82. The van der Waals surface area contributed by atoms with Crippen molar-refractivity contribution in [1.29, 1.82) is 0 Å². The molecule has 0 aliphatic heterocycles. The Morgan fingerprint density at radius 1 is 0.960 bits per heavy atom. The van der Waals surface area contributed by atoms with Crippen LogP contribution in [0.4, 0.5) is 4.79 Å². The number of imide groups is 1. The highest BCUT2D eigenvalue weighted by Crippen LogP contribution is 2.19. The lowest BCUT2D eigenvalue weighted by Crippen LogP contribution is -2.41. The van der Waals surface area contributed by atoms with Crippen LogP contribution in [0.1, 0.15) is 15.9 Å². The van der Waals surface area contributed by atoms with Gasteiger partial charge in [-0.2, -0.15) is 0 Å². The van der Waals surface area contributed by atoms with E-state index < -0.39 is 24.5 Å². The summed E-state index contributed by atoms with van der Waals surface area (Å²) in [6.45, 7) is -0.345. The molecule has 0 aliphatic carbocycles. The maximum absolute atomic E-state index is 11.8. The highest BCUT2D eigenvalue weighted by molar-refractivity contribution is 6.35. The van der Waals surface area contributed by atoms with Gasteiger partial charge in [0.15, 0.2) is 6.61 Å². The largest absolute Gasteiger partial charge is 0.452 e. The molecule has 130 valence electrons. The maximum Gasteiger partial charge on any atom is 0.338 e. The van der Waals surface area contributed by atoms with Crippen LogP contribution in [0.5, 0.6) is 0 Å². The van der Waals surface area contributed by atoms with Crippen molar-refractivity contribution in [3.63, 3.8) is 0 Å². The third kappa shape index (κ3) is 6.45. The van der Waals surface area contributed by atoms with Crippen molar-refractivity contribution < 1.29 is 19.1 Å². The van der Waals surface area contributed by atoms with Crippen LogP contribution in [0.25, 0.3) is 0 Å². The molecule has 0 atom stereocenters. The van der Waals surface area contributed by atoms with Gasteiger partial charge in [-0.15, -0.1) is 0 Å². The Hall–Kier alpha value is -2.57. The van der Waals surface area contributed by atoms with Gasteiger partial charge in [-0.1, -0.05) is 53.5 Å². The monoisotopic (exact) mass is 380 g/mol. The molecule has 0 saturated heterocycles. The summed E-state index contributed by atoms with van der Waals surface area (Å²) in [6.07, 6.45) is 0. The summed E-state index contributed by atoms with van der Waals surface area (Å²) in [5.74, 6) is -1.53. The van der Waals surface area contributed by atoms with Gasteiger partial charge in [-0.05, 0) is 23.8 Å². The first-order valence-electron chi connectivity index (χ1n) is 7.19. The number of nitrogens with one attached hydrogen (secondary N) is 2. The van der Waals surface area contributed by atoms with Crippen LogP contribution in [0.2, 0.25) is 10.0 Å². The normalized spacial score (nSPS) is 10.0. The van der Waals surface area contributed by atoms with Gasteiger partial charge < -0.3 is 10.1 Å². The Bertz CT molecular complexity index is 761. The first kappa shape index (κ1) is 18.8. The molecule has 6 nitrogen and oxygen atoms in total. The number of halogens is 2. The third-order valence-corrected chi connectivity index (χ3v) is 3.42. The fourth-order valence-corrected chi connectivity index (χ4v) is 2.40. The van der Waals surface area contributed by atoms with E-state index in [4.69, 9.17) is 27.9 Å². The van der Waals surface area contributed by atoms with E-state index in [1.165, 1.54) is 18.2 Å². The van der Waals surface area contributed by atoms with Gasteiger partial charge in [0.05, 0.1) is 5.56 Å². The predicted octanol–water partition coefficient (Wildman–Crippen LogP) is 3.18. The number of carbonyl (C=O) groups is 3. The van der Waals surface area contributed by atoms with Crippen LogP contribution in [0.15, 0.2) is 48.5 Å². The number of esters is 1. The minimum atomic E-state index is -0.774. The Kier molecular flexibility index (Phi) is 6.80. The van der Waals surface area contributed by atoms with Crippen molar-refractivity contribution in [3.05, 3.63) is 69.7 Å². The Labute approximate surface area is 154 Å². The zero-order chi connectivity index (χ0) is 18.2. The second-order valence-corrected chi connectivity index (χ2v) is 5.82. The molecule has 2 rings (SSSR count). The molecule has 0 saturated carbocycles. The van der Waals surface area contributed by atoms with E-state index in [2.05, 4.69) is 10.6 Å². The summed E-state index contributed by atoms with van der Waals surface area (Å²) in [5, 5.41) is 5.11. The van der Waals surface area contributed by atoms with E-state index in [-0.39, 0.29) is 22.2 Å². The van der Waals surface area contributed by atoms with E-state index in [9.17, 15) is 14.4 Å². The van der Waals surface area contributed by atoms with Crippen molar-refractivity contribution in [1.82, 2.24) is 10.6 Å². The van der Waals surface area contributed by atoms with E-state index in [1.54, 1.807) is 0 Å². The van der Waals surface area contributed by atoms with Crippen LogP contribution < -0.4 is 10.6 Å². The summed E-state index contributed by atoms with van der Waals surface area (Å²) in [4.78, 5) is 35.1. The van der Waals surface area contributed by atoms with Crippen LogP contribution in [-0.2, 0) is 16.1 Å². The smallest absolute Gasteiger partial charge is 0.338 e. The summed E-state index contributed by atoms with van der Waals surface area (Å²) in [6, 6.07) is 12.7. The topological polar surface area (TPSA) is 84.5 Å². The molecule has 2 aromatic rings. The van der Waals surface area contributed by atoms with Crippen LogP contribution in [0, 0.1) is 0 Å². The Balaban J connectivity index is 1.76. The third-order valence-electron chi connectivity index (χ3n) is 2.98. The molecule has 2 N–H and O–H groups in total. The first-order valence-corrected chi connectivity index (χ1v) is 7.94. The lowest BCUT2D eigenvalue weighted by atomic mass is 10.2. The number of amides is 3. The summed E-state index contributed by atoms with van der Waals surface area (Å²) in [5.41, 5.74) is 0.994. The molecule has 0 aromatic heterocycles. The molecule has 3 amide bonds. The molecular weight excluding hydrogens is 367 g/mol. The van der Waals surface area contributed by atoms with Crippen LogP contribution >= 0.6 is 23.2 Å². The first-order chi connectivity index (χ1) is 11.9. The molecule has 0 bridgehead atoms. The number of urea groups is 1. The minimum absolute atomic E-state index is 0.110. The summed E-state index contributed by atoms with van der Waals surface area (Å²) >= 11 is 11.6. The molecule has 8 heteroatoms.